The summed E-state index contributed by atoms with van der Waals surface area (Å²) in [6.45, 7) is 13.4. The minimum atomic E-state index is -1.96. The zero-order chi connectivity index (χ0) is 24.4. The molecule has 1 saturated heterocycles. The van der Waals surface area contributed by atoms with Gasteiger partial charge in [-0.25, -0.2) is 9.87 Å². The maximum Gasteiger partial charge on any atom is 0.264 e. The summed E-state index contributed by atoms with van der Waals surface area (Å²) >= 11 is 0. The number of hydrogen-bond acceptors (Lipinski definition) is 7. The molecule has 1 aromatic heterocycles. The van der Waals surface area contributed by atoms with Crippen LogP contribution in [-0.4, -0.2) is 42.8 Å². The highest BCUT2D eigenvalue weighted by Crippen LogP contribution is 2.36. The fourth-order valence-corrected chi connectivity index (χ4v) is 4.09. The number of hydrogen-bond donors (Lipinski definition) is 2. The van der Waals surface area contributed by atoms with Gasteiger partial charge in [0.2, 0.25) is 20.1 Å². The van der Waals surface area contributed by atoms with Crippen molar-refractivity contribution in [2.24, 2.45) is 0 Å². The molecule has 1 aromatic carbocycles. The zero-order valence-electron chi connectivity index (χ0n) is 20.3. The van der Waals surface area contributed by atoms with E-state index in [9.17, 15) is 14.4 Å². The van der Waals surface area contributed by atoms with Crippen LogP contribution in [0.1, 0.15) is 51.9 Å². The molecule has 3 rings (SSSR count). The Hall–Kier alpha value is -2.56. The Bertz CT molecular complexity index is 1110. The van der Waals surface area contributed by atoms with E-state index in [0.717, 1.165) is 0 Å². The van der Waals surface area contributed by atoms with E-state index in [2.05, 4.69) is 49.5 Å². The largest absolute Gasteiger partial charge is 0.384 e. The molecule has 0 bridgehead atoms. The average Bonchev–Trinajstić information content (AvgIpc) is 2.71. The van der Waals surface area contributed by atoms with Gasteiger partial charge in [-0.15, -0.1) is 0 Å². The van der Waals surface area contributed by atoms with Crippen LogP contribution < -0.4 is 16.2 Å². The van der Waals surface area contributed by atoms with E-state index in [1.165, 1.54) is 4.57 Å². The third-order valence-corrected chi connectivity index (χ3v) is 10.6. The number of imide groups is 1. The van der Waals surface area contributed by atoms with Crippen molar-refractivity contribution in [1.82, 2.24) is 14.9 Å². The minimum absolute atomic E-state index is 0.0712. The van der Waals surface area contributed by atoms with E-state index >= 15 is 0 Å². The van der Waals surface area contributed by atoms with Crippen LogP contribution in [0.2, 0.25) is 18.1 Å². The Morgan fingerprint density at radius 2 is 1.97 bits per heavy atom. The molecule has 1 aliphatic heterocycles. The summed E-state index contributed by atoms with van der Waals surface area (Å²) < 4.78 is 7.13. The number of carbonyl (C=O) groups is 2. The molecular weight excluding hydrogens is 440 g/mol. The van der Waals surface area contributed by atoms with Gasteiger partial charge in [-0.1, -0.05) is 26.8 Å². The molecule has 1 aliphatic rings. The van der Waals surface area contributed by atoms with Crippen molar-refractivity contribution < 1.29 is 19.1 Å². The highest BCUT2D eigenvalue weighted by molar-refractivity contribution is 6.73. The van der Waals surface area contributed by atoms with Crippen LogP contribution in [0.5, 0.6) is 0 Å². The van der Waals surface area contributed by atoms with Gasteiger partial charge in [0.05, 0.1) is 17.5 Å². The van der Waals surface area contributed by atoms with E-state index < -0.39 is 20.3 Å². The highest BCUT2D eigenvalue weighted by atomic mass is 28.4. The molecule has 33 heavy (non-hydrogen) atoms. The highest BCUT2D eigenvalue weighted by Gasteiger charge is 2.39. The number of aryl methyl sites for hydroxylation is 1. The molecule has 10 heteroatoms. The Kier molecular flexibility index (Phi) is 7.40. The molecule has 180 valence electrons. The number of anilines is 1. The van der Waals surface area contributed by atoms with Gasteiger partial charge in [-0.3, -0.25) is 28.8 Å². The number of rotatable bonds is 8. The smallest absolute Gasteiger partial charge is 0.264 e. The van der Waals surface area contributed by atoms with Gasteiger partial charge in [0.25, 0.3) is 5.56 Å². The molecule has 9 nitrogen and oxygen atoms in total. The third-order valence-electron chi connectivity index (χ3n) is 6.42. The van der Waals surface area contributed by atoms with Crippen molar-refractivity contribution in [2.75, 3.05) is 18.5 Å². The fourth-order valence-electron chi connectivity index (χ4n) is 3.46. The van der Waals surface area contributed by atoms with Crippen LogP contribution in [0.15, 0.2) is 23.0 Å². The SMILES string of the molecule is Cc1nc2cccc(NCCCOO[Si](C)(C)C(C)(C)C)c2c(=O)n1C1CCC(=O)NC1=O. The molecule has 2 amide bonds. The summed E-state index contributed by atoms with van der Waals surface area (Å²) in [6, 6.07) is 4.69. The summed E-state index contributed by atoms with van der Waals surface area (Å²) in [5, 5.41) is 6.10. The number of nitrogens with one attached hydrogen (secondary N) is 2. The van der Waals surface area contributed by atoms with Crippen LogP contribution in [0.25, 0.3) is 10.9 Å². The molecule has 1 fully saturated rings. The number of nitrogens with zero attached hydrogens (tertiary/aromatic N) is 2. The Balaban J connectivity index is 1.72. The first kappa shape index (κ1) is 25.1. The molecule has 0 aliphatic carbocycles. The Labute approximate surface area is 194 Å². The second-order valence-electron chi connectivity index (χ2n) is 9.95. The third kappa shape index (κ3) is 5.51. The van der Waals surface area contributed by atoms with Crippen molar-refractivity contribution >= 4 is 36.7 Å². The monoisotopic (exact) mass is 474 g/mol. The standard InChI is InChI=1S/C23H34N4O5Si/c1-15-25-17-10-7-9-16(24-13-8-14-31-32-33(5,6)23(2,3)4)20(17)22(30)27(15)18-11-12-19(28)26-21(18)29/h7,9-10,18,24H,8,11-14H2,1-6H3,(H,26,28,29). The Morgan fingerprint density at radius 1 is 1.24 bits per heavy atom. The van der Waals surface area contributed by atoms with E-state index in [1.54, 1.807) is 13.0 Å². The lowest BCUT2D eigenvalue weighted by Crippen LogP contribution is -2.45. The molecule has 1 unspecified atom stereocenters. The van der Waals surface area contributed by atoms with Crippen LogP contribution in [0.4, 0.5) is 5.69 Å². The number of piperidine rings is 1. The number of aromatic nitrogens is 2. The summed E-state index contributed by atoms with van der Waals surface area (Å²) in [7, 11) is -1.96. The molecule has 2 N–H and O–H groups in total. The maximum absolute atomic E-state index is 13.4. The van der Waals surface area contributed by atoms with Crippen molar-refractivity contribution in [2.45, 2.75) is 71.1 Å². The molecular formula is C23H34N4O5Si. The van der Waals surface area contributed by atoms with E-state index in [-0.39, 0.29) is 29.3 Å². The normalized spacial score (nSPS) is 17.3. The summed E-state index contributed by atoms with van der Waals surface area (Å²) in [4.78, 5) is 47.3. The van der Waals surface area contributed by atoms with E-state index in [1.807, 2.05) is 12.1 Å². The summed E-state index contributed by atoms with van der Waals surface area (Å²) in [5.41, 5.74) is 0.910. The number of carbonyl (C=O) groups excluding carboxylic acids is 2. The fraction of sp³-hybridized carbons (Fsp3) is 0.565. The second-order valence-corrected chi connectivity index (χ2v) is 14.6. The lowest BCUT2D eigenvalue weighted by molar-refractivity contribution is -0.220. The lowest BCUT2D eigenvalue weighted by Gasteiger charge is -2.34. The number of fused-ring (bicyclic) bond motifs is 1. The van der Waals surface area contributed by atoms with Crippen molar-refractivity contribution in [3.8, 4) is 0 Å². The molecule has 2 aromatic rings. The van der Waals surface area contributed by atoms with Crippen LogP contribution in [-0.2, 0) is 19.1 Å². The molecule has 0 saturated carbocycles. The summed E-state index contributed by atoms with van der Waals surface area (Å²) in [5.74, 6) is -0.352. The first-order valence-electron chi connectivity index (χ1n) is 11.3. The van der Waals surface area contributed by atoms with Gasteiger partial charge in [0.15, 0.2) is 0 Å². The van der Waals surface area contributed by atoms with Crippen LogP contribution >= 0.6 is 0 Å². The molecule has 0 radical (unpaired) electrons. The predicted octanol–water partition coefficient (Wildman–Crippen LogP) is 3.44. The average molecular weight is 475 g/mol. The van der Waals surface area contributed by atoms with Crippen molar-refractivity contribution in [3.05, 3.63) is 34.4 Å². The molecule has 0 spiro atoms. The van der Waals surface area contributed by atoms with Gasteiger partial charge in [0.1, 0.15) is 11.9 Å². The van der Waals surface area contributed by atoms with Gasteiger partial charge >= 0.3 is 0 Å². The maximum atomic E-state index is 13.4. The van der Waals surface area contributed by atoms with Gasteiger partial charge in [-0.2, -0.15) is 0 Å². The number of benzene rings is 1. The predicted molar refractivity (Wildman–Crippen MR) is 130 cm³/mol. The molecule has 2 heterocycles. The Morgan fingerprint density at radius 3 is 2.64 bits per heavy atom. The van der Waals surface area contributed by atoms with Gasteiger partial charge in [0, 0.05) is 18.7 Å². The van der Waals surface area contributed by atoms with E-state index in [0.29, 0.717) is 42.0 Å². The van der Waals surface area contributed by atoms with Crippen LogP contribution in [0, 0.1) is 6.92 Å². The minimum Gasteiger partial charge on any atom is -0.384 e. The van der Waals surface area contributed by atoms with Crippen molar-refractivity contribution in [3.63, 3.8) is 0 Å². The van der Waals surface area contributed by atoms with Crippen molar-refractivity contribution in [1.29, 1.82) is 0 Å². The second kappa shape index (κ2) is 9.74. The van der Waals surface area contributed by atoms with E-state index in [4.69, 9.17) is 9.46 Å². The zero-order valence-corrected chi connectivity index (χ0v) is 21.3. The first-order chi connectivity index (χ1) is 15.4. The van der Waals surface area contributed by atoms with Gasteiger partial charge < -0.3 is 5.32 Å². The topological polar surface area (TPSA) is 112 Å². The lowest BCUT2D eigenvalue weighted by atomic mass is 10.1. The van der Waals surface area contributed by atoms with Gasteiger partial charge in [-0.05, 0) is 50.0 Å². The number of amides is 2. The first-order valence-corrected chi connectivity index (χ1v) is 14.2. The van der Waals surface area contributed by atoms with Crippen LogP contribution in [0.3, 0.4) is 0 Å². The molecule has 1 atom stereocenters. The quantitative estimate of drug-likeness (QED) is 0.198. The summed E-state index contributed by atoms with van der Waals surface area (Å²) in [6.07, 6.45) is 1.16.